The lowest BCUT2D eigenvalue weighted by atomic mass is 9.82. The maximum Gasteiger partial charge on any atom is 0.0587 e. The zero-order valence-electron chi connectivity index (χ0n) is 12.6. The zero-order chi connectivity index (χ0) is 15.0. The minimum atomic E-state index is 0.409. The van der Waals surface area contributed by atoms with E-state index in [1.165, 1.54) is 5.56 Å². The van der Waals surface area contributed by atoms with Crippen LogP contribution in [0.15, 0.2) is 18.2 Å². The standard InChI is InChI=1S/C16H25Cl2NO/c1-4-12(5-2)15(11-19-8-9-20-3)14-7-6-13(17)10-16(14)18/h6-7,10,12,15,19H,4-5,8-9,11H2,1-3H3. The van der Waals surface area contributed by atoms with Crippen molar-refractivity contribution in [3.8, 4) is 0 Å². The van der Waals surface area contributed by atoms with Crippen LogP contribution in [0.25, 0.3) is 0 Å². The van der Waals surface area contributed by atoms with E-state index in [4.69, 9.17) is 27.9 Å². The lowest BCUT2D eigenvalue weighted by molar-refractivity contribution is 0.197. The number of nitrogens with one attached hydrogen (secondary N) is 1. The minimum absolute atomic E-state index is 0.409. The molecule has 0 saturated heterocycles. The Balaban J connectivity index is 2.85. The third-order valence-electron chi connectivity index (χ3n) is 3.83. The molecule has 114 valence electrons. The van der Waals surface area contributed by atoms with Crippen molar-refractivity contribution in [2.75, 3.05) is 26.8 Å². The molecule has 1 atom stereocenters. The largest absolute Gasteiger partial charge is 0.383 e. The molecule has 0 fully saturated rings. The van der Waals surface area contributed by atoms with Crippen LogP contribution in [0, 0.1) is 5.92 Å². The quantitative estimate of drug-likeness (QED) is 0.664. The number of hydrogen-bond acceptors (Lipinski definition) is 2. The molecule has 20 heavy (non-hydrogen) atoms. The average molecular weight is 318 g/mol. The molecule has 0 amide bonds. The summed E-state index contributed by atoms with van der Waals surface area (Å²) in [4.78, 5) is 0. The molecule has 0 aromatic heterocycles. The Morgan fingerprint density at radius 1 is 1.20 bits per heavy atom. The molecule has 0 spiro atoms. The summed E-state index contributed by atoms with van der Waals surface area (Å²) in [5.41, 5.74) is 1.19. The summed E-state index contributed by atoms with van der Waals surface area (Å²) in [5.74, 6) is 1.02. The Bertz CT molecular complexity index is 394. The van der Waals surface area contributed by atoms with Gasteiger partial charge in [-0.1, -0.05) is 56.0 Å². The van der Waals surface area contributed by atoms with Crippen molar-refractivity contribution in [3.63, 3.8) is 0 Å². The highest BCUT2D eigenvalue weighted by atomic mass is 35.5. The molecule has 0 heterocycles. The maximum atomic E-state index is 6.39. The van der Waals surface area contributed by atoms with Crippen molar-refractivity contribution in [1.29, 1.82) is 0 Å². The number of benzene rings is 1. The van der Waals surface area contributed by atoms with Crippen LogP contribution < -0.4 is 5.32 Å². The fourth-order valence-electron chi connectivity index (χ4n) is 2.62. The van der Waals surface area contributed by atoms with Gasteiger partial charge in [-0.05, 0) is 23.6 Å². The Morgan fingerprint density at radius 3 is 2.45 bits per heavy atom. The highest BCUT2D eigenvalue weighted by molar-refractivity contribution is 6.35. The predicted octanol–water partition coefficient (Wildman–Crippen LogP) is 4.75. The van der Waals surface area contributed by atoms with Crippen LogP contribution in [-0.4, -0.2) is 26.8 Å². The minimum Gasteiger partial charge on any atom is -0.383 e. The first kappa shape index (κ1) is 17.8. The fourth-order valence-corrected chi connectivity index (χ4v) is 3.17. The molecule has 1 aromatic rings. The summed E-state index contributed by atoms with van der Waals surface area (Å²) >= 11 is 12.4. The van der Waals surface area contributed by atoms with E-state index in [-0.39, 0.29) is 0 Å². The SMILES string of the molecule is CCC(CC)C(CNCCOC)c1ccc(Cl)cc1Cl. The van der Waals surface area contributed by atoms with Gasteiger partial charge in [-0.2, -0.15) is 0 Å². The Kier molecular flexibility index (Phi) is 8.55. The van der Waals surface area contributed by atoms with Crippen molar-refractivity contribution in [2.45, 2.75) is 32.6 Å². The molecule has 0 bridgehead atoms. The lowest BCUT2D eigenvalue weighted by Crippen LogP contribution is -2.29. The van der Waals surface area contributed by atoms with E-state index in [0.29, 0.717) is 16.9 Å². The molecule has 4 heteroatoms. The number of rotatable bonds is 9. The average Bonchev–Trinajstić information content (AvgIpc) is 2.43. The zero-order valence-corrected chi connectivity index (χ0v) is 14.1. The van der Waals surface area contributed by atoms with Crippen LogP contribution in [0.2, 0.25) is 10.0 Å². The van der Waals surface area contributed by atoms with E-state index in [1.807, 2.05) is 12.1 Å². The molecule has 0 aliphatic rings. The number of halogens is 2. The number of ether oxygens (including phenoxy) is 1. The Morgan fingerprint density at radius 2 is 1.90 bits per heavy atom. The third-order valence-corrected chi connectivity index (χ3v) is 4.39. The normalized spacial score (nSPS) is 12.9. The summed E-state index contributed by atoms with van der Waals surface area (Å²) in [6, 6.07) is 5.82. The first-order valence-electron chi connectivity index (χ1n) is 7.28. The lowest BCUT2D eigenvalue weighted by Gasteiger charge is -2.27. The molecule has 1 rings (SSSR count). The molecule has 1 aromatic carbocycles. The van der Waals surface area contributed by atoms with E-state index in [0.717, 1.165) is 37.6 Å². The summed E-state index contributed by atoms with van der Waals surface area (Å²) < 4.78 is 5.08. The van der Waals surface area contributed by atoms with E-state index in [9.17, 15) is 0 Å². The van der Waals surface area contributed by atoms with Crippen molar-refractivity contribution in [1.82, 2.24) is 5.32 Å². The second kappa shape index (κ2) is 9.62. The van der Waals surface area contributed by atoms with Gasteiger partial charge in [-0.3, -0.25) is 0 Å². The number of hydrogen-bond donors (Lipinski definition) is 1. The van der Waals surface area contributed by atoms with Gasteiger partial charge in [0, 0.05) is 36.2 Å². The maximum absolute atomic E-state index is 6.39. The third kappa shape index (κ3) is 5.25. The van der Waals surface area contributed by atoms with Crippen LogP contribution in [0.5, 0.6) is 0 Å². The molecular weight excluding hydrogens is 293 g/mol. The van der Waals surface area contributed by atoms with Crippen molar-refractivity contribution in [3.05, 3.63) is 33.8 Å². The number of methoxy groups -OCH3 is 1. The molecule has 1 N–H and O–H groups in total. The molecule has 0 aliphatic carbocycles. The van der Waals surface area contributed by atoms with Crippen molar-refractivity contribution >= 4 is 23.2 Å². The van der Waals surface area contributed by atoms with Gasteiger partial charge in [-0.25, -0.2) is 0 Å². The second-order valence-corrected chi connectivity index (χ2v) is 5.89. The van der Waals surface area contributed by atoms with Gasteiger partial charge in [0.1, 0.15) is 0 Å². The molecule has 0 aliphatic heterocycles. The van der Waals surface area contributed by atoms with Gasteiger partial charge in [0.2, 0.25) is 0 Å². The van der Waals surface area contributed by atoms with Crippen molar-refractivity contribution < 1.29 is 4.74 Å². The van der Waals surface area contributed by atoms with Crippen LogP contribution in [-0.2, 0) is 4.74 Å². The summed E-state index contributed by atoms with van der Waals surface area (Å²) in [6.45, 7) is 6.97. The van der Waals surface area contributed by atoms with Crippen LogP contribution in [0.4, 0.5) is 0 Å². The van der Waals surface area contributed by atoms with Gasteiger partial charge in [0.15, 0.2) is 0 Å². The molecule has 1 unspecified atom stereocenters. The van der Waals surface area contributed by atoms with Gasteiger partial charge < -0.3 is 10.1 Å². The van der Waals surface area contributed by atoms with Crippen LogP contribution >= 0.6 is 23.2 Å². The Labute approximate surface area is 132 Å². The molecular formula is C16H25Cl2NO. The predicted molar refractivity (Wildman–Crippen MR) is 88.0 cm³/mol. The summed E-state index contributed by atoms with van der Waals surface area (Å²) in [7, 11) is 1.72. The summed E-state index contributed by atoms with van der Waals surface area (Å²) in [6.07, 6.45) is 2.29. The van der Waals surface area contributed by atoms with E-state index in [2.05, 4.69) is 25.2 Å². The monoisotopic (exact) mass is 317 g/mol. The topological polar surface area (TPSA) is 21.3 Å². The van der Waals surface area contributed by atoms with Crippen molar-refractivity contribution in [2.24, 2.45) is 5.92 Å². The summed E-state index contributed by atoms with van der Waals surface area (Å²) in [5, 5.41) is 4.92. The fraction of sp³-hybridized carbons (Fsp3) is 0.625. The molecule has 0 saturated carbocycles. The second-order valence-electron chi connectivity index (χ2n) is 5.05. The van der Waals surface area contributed by atoms with Gasteiger partial charge in [0.25, 0.3) is 0 Å². The van der Waals surface area contributed by atoms with E-state index in [1.54, 1.807) is 7.11 Å². The van der Waals surface area contributed by atoms with E-state index >= 15 is 0 Å². The molecule has 0 radical (unpaired) electrons. The smallest absolute Gasteiger partial charge is 0.0587 e. The first-order valence-corrected chi connectivity index (χ1v) is 8.04. The highest BCUT2D eigenvalue weighted by Crippen LogP contribution is 2.34. The van der Waals surface area contributed by atoms with Crippen LogP contribution in [0.3, 0.4) is 0 Å². The van der Waals surface area contributed by atoms with E-state index < -0.39 is 0 Å². The van der Waals surface area contributed by atoms with Gasteiger partial charge in [0.05, 0.1) is 6.61 Å². The van der Waals surface area contributed by atoms with Crippen LogP contribution in [0.1, 0.15) is 38.2 Å². The van der Waals surface area contributed by atoms with Gasteiger partial charge >= 0.3 is 0 Å². The highest BCUT2D eigenvalue weighted by Gasteiger charge is 2.22. The first-order chi connectivity index (χ1) is 9.63. The molecule has 2 nitrogen and oxygen atoms in total. The Hall–Kier alpha value is -0.280. The van der Waals surface area contributed by atoms with Gasteiger partial charge in [-0.15, -0.1) is 0 Å².